The lowest BCUT2D eigenvalue weighted by Gasteiger charge is -2.70. The van der Waals surface area contributed by atoms with Gasteiger partial charge in [0.05, 0.1) is 5.92 Å². The molecule has 4 saturated carbocycles. The standard InChI is InChI=1S/C30H45BrO3/c1-26(2)15-18-17(19(16-26)25(33)34)8-12-30(7)24(18)20(31)14-22-28(5)11-10-23(32)27(3,4)21(28)9-13-29(22,30)6/h17-19,21-22H,8-16H2,1-7H3,(H,33,34)/t17?,18?,19-,21?,22?,28?,29?,30?/m1/s1. The molecule has 5 rings (SSSR count). The van der Waals surface area contributed by atoms with Gasteiger partial charge < -0.3 is 5.11 Å². The van der Waals surface area contributed by atoms with Gasteiger partial charge in [0.2, 0.25) is 0 Å². The van der Waals surface area contributed by atoms with E-state index in [9.17, 15) is 14.7 Å². The van der Waals surface area contributed by atoms with Crippen LogP contribution in [-0.4, -0.2) is 16.9 Å². The normalized spacial score (nSPS) is 49.4. The minimum atomic E-state index is -0.592. The Morgan fingerprint density at radius 3 is 2.26 bits per heavy atom. The molecule has 4 heteroatoms. The highest BCUT2D eigenvalue weighted by Gasteiger charge is 2.68. The van der Waals surface area contributed by atoms with Crippen molar-refractivity contribution in [2.45, 2.75) is 106 Å². The average molecular weight is 534 g/mol. The lowest BCUT2D eigenvalue weighted by molar-refractivity contribution is -0.183. The van der Waals surface area contributed by atoms with Crippen LogP contribution < -0.4 is 0 Å². The van der Waals surface area contributed by atoms with Gasteiger partial charge in [-0.3, -0.25) is 9.59 Å². The van der Waals surface area contributed by atoms with Crippen LogP contribution in [0.3, 0.4) is 0 Å². The fraction of sp³-hybridized carbons (Fsp3) is 0.867. The van der Waals surface area contributed by atoms with Crippen molar-refractivity contribution in [3.8, 4) is 0 Å². The number of hydrogen-bond acceptors (Lipinski definition) is 2. The molecule has 3 nitrogen and oxygen atoms in total. The van der Waals surface area contributed by atoms with Crippen molar-refractivity contribution in [1.82, 2.24) is 0 Å². The van der Waals surface area contributed by atoms with Crippen LogP contribution in [0.15, 0.2) is 10.1 Å². The Morgan fingerprint density at radius 2 is 1.62 bits per heavy atom. The Hall–Kier alpha value is -0.640. The number of rotatable bonds is 1. The molecule has 0 aliphatic heterocycles. The zero-order chi connectivity index (χ0) is 25.1. The molecule has 7 unspecified atom stereocenters. The maximum absolute atomic E-state index is 12.9. The van der Waals surface area contributed by atoms with Crippen molar-refractivity contribution < 1.29 is 14.7 Å². The molecule has 4 fully saturated rings. The van der Waals surface area contributed by atoms with Crippen LogP contribution in [0.1, 0.15) is 106 Å². The van der Waals surface area contributed by atoms with Crippen LogP contribution in [0.4, 0.5) is 0 Å². The molecule has 0 aromatic heterocycles. The molecule has 5 aliphatic carbocycles. The van der Waals surface area contributed by atoms with Crippen molar-refractivity contribution in [3.63, 3.8) is 0 Å². The van der Waals surface area contributed by atoms with E-state index in [0.717, 1.165) is 51.4 Å². The van der Waals surface area contributed by atoms with Crippen LogP contribution >= 0.6 is 15.9 Å². The lowest BCUT2D eigenvalue weighted by Crippen LogP contribution is -2.64. The van der Waals surface area contributed by atoms with E-state index in [1.807, 2.05) is 0 Å². The van der Waals surface area contributed by atoms with E-state index in [0.29, 0.717) is 23.5 Å². The number of aliphatic carboxylic acids is 1. The number of carboxylic acid groups (broad SMARTS) is 1. The van der Waals surface area contributed by atoms with E-state index >= 15 is 0 Å². The van der Waals surface area contributed by atoms with E-state index in [1.54, 1.807) is 5.57 Å². The van der Waals surface area contributed by atoms with E-state index in [1.165, 1.54) is 10.9 Å². The van der Waals surface area contributed by atoms with Crippen molar-refractivity contribution >= 4 is 27.7 Å². The first-order chi connectivity index (χ1) is 15.6. The quantitative estimate of drug-likeness (QED) is 0.371. The molecule has 0 amide bonds. The molecule has 0 aromatic carbocycles. The minimum Gasteiger partial charge on any atom is -0.481 e. The molecule has 0 aromatic rings. The van der Waals surface area contributed by atoms with Gasteiger partial charge in [0.1, 0.15) is 5.78 Å². The topological polar surface area (TPSA) is 54.4 Å². The van der Waals surface area contributed by atoms with Gasteiger partial charge in [-0.25, -0.2) is 0 Å². The van der Waals surface area contributed by atoms with Crippen LogP contribution in [0, 0.1) is 56.7 Å². The van der Waals surface area contributed by atoms with Crippen LogP contribution in [0.2, 0.25) is 0 Å². The Labute approximate surface area is 215 Å². The first kappa shape index (κ1) is 25.0. The summed E-state index contributed by atoms with van der Waals surface area (Å²) < 4.78 is 1.38. The number of carbonyl (C=O) groups excluding carboxylic acids is 1. The third-order valence-electron chi connectivity index (χ3n) is 12.6. The van der Waals surface area contributed by atoms with Gasteiger partial charge >= 0.3 is 5.97 Å². The zero-order valence-corrected chi connectivity index (χ0v) is 24.0. The minimum absolute atomic E-state index is 0.0535. The summed E-state index contributed by atoms with van der Waals surface area (Å²) in [7, 11) is 0. The maximum Gasteiger partial charge on any atom is 0.306 e. The molecule has 0 bridgehead atoms. The summed E-state index contributed by atoms with van der Waals surface area (Å²) >= 11 is 4.15. The van der Waals surface area contributed by atoms with Crippen LogP contribution in [0.25, 0.3) is 0 Å². The van der Waals surface area contributed by atoms with Gasteiger partial charge in [0, 0.05) is 11.8 Å². The van der Waals surface area contributed by atoms with Gasteiger partial charge in [-0.2, -0.15) is 0 Å². The summed E-state index contributed by atoms with van der Waals surface area (Å²) in [6.07, 6.45) is 9.14. The fourth-order valence-electron chi connectivity index (χ4n) is 10.7. The molecule has 190 valence electrons. The largest absolute Gasteiger partial charge is 0.481 e. The highest BCUT2D eigenvalue weighted by atomic mass is 79.9. The Morgan fingerprint density at radius 1 is 0.941 bits per heavy atom. The molecule has 8 atom stereocenters. The number of ketones is 1. The molecule has 0 heterocycles. The van der Waals surface area contributed by atoms with Gasteiger partial charge in [0.15, 0.2) is 0 Å². The Balaban J connectivity index is 1.61. The monoisotopic (exact) mass is 532 g/mol. The molecule has 0 spiro atoms. The van der Waals surface area contributed by atoms with Crippen molar-refractivity contribution in [2.24, 2.45) is 56.7 Å². The summed E-state index contributed by atoms with van der Waals surface area (Å²) in [6.45, 7) is 16.6. The third-order valence-corrected chi connectivity index (χ3v) is 13.3. The Kier molecular flexibility index (Phi) is 5.48. The Bertz CT molecular complexity index is 962. The van der Waals surface area contributed by atoms with Crippen molar-refractivity contribution in [2.75, 3.05) is 0 Å². The summed E-state index contributed by atoms with van der Waals surface area (Å²) in [5.74, 6) is 1.27. The number of allylic oxidation sites excluding steroid dienone is 2. The number of fused-ring (bicyclic) bond motifs is 7. The second-order valence-corrected chi connectivity index (χ2v) is 15.9. The van der Waals surface area contributed by atoms with E-state index < -0.39 is 5.97 Å². The highest BCUT2D eigenvalue weighted by Crippen LogP contribution is 2.75. The summed E-state index contributed by atoms with van der Waals surface area (Å²) in [4.78, 5) is 25.3. The lowest BCUT2D eigenvalue weighted by atomic mass is 9.34. The number of carboxylic acids is 1. The van der Waals surface area contributed by atoms with Crippen LogP contribution in [0.5, 0.6) is 0 Å². The fourth-order valence-corrected chi connectivity index (χ4v) is 11.8. The van der Waals surface area contributed by atoms with Crippen molar-refractivity contribution in [1.29, 1.82) is 0 Å². The zero-order valence-electron chi connectivity index (χ0n) is 22.4. The summed E-state index contributed by atoms with van der Waals surface area (Å²) in [5.41, 5.74) is 1.85. The number of hydrogen-bond donors (Lipinski definition) is 1. The van der Waals surface area contributed by atoms with E-state index in [4.69, 9.17) is 0 Å². The van der Waals surface area contributed by atoms with Gasteiger partial charge in [-0.15, -0.1) is 0 Å². The van der Waals surface area contributed by atoms with Gasteiger partial charge in [0.25, 0.3) is 0 Å². The van der Waals surface area contributed by atoms with Crippen molar-refractivity contribution in [3.05, 3.63) is 10.1 Å². The predicted molar refractivity (Wildman–Crippen MR) is 139 cm³/mol. The van der Waals surface area contributed by atoms with E-state index in [2.05, 4.69) is 64.4 Å². The second-order valence-electron chi connectivity index (χ2n) is 14.9. The van der Waals surface area contributed by atoms with E-state index in [-0.39, 0.29) is 38.9 Å². The molecule has 34 heavy (non-hydrogen) atoms. The average Bonchev–Trinajstić information content (AvgIpc) is 2.71. The predicted octanol–water partition coefficient (Wildman–Crippen LogP) is 8.02. The number of carbonyl (C=O) groups is 2. The second kappa shape index (κ2) is 7.45. The highest BCUT2D eigenvalue weighted by molar-refractivity contribution is 9.11. The first-order valence-corrected chi connectivity index (χ1v) is 14.5. The molecule has 5 aliphatic rings. The maximum atomic E-state index is 12.9. The van der Waals surface area contributed by atoms with Crippen LogP contribution in [-0.2, 0) is 9.59 Å². The third kappa shape index (κ3) is 3.11. The summed E-state index contributed by atoms with van der Waals surface area (Å²) in [6, 6.07) is 0. The smallest absolute Gasteiger partial charge is 0.306 e. The van der Waals surface area contributed by atoms with Gasteiger partial charge in [-0.1, -0.05) is 70.0 Å². The van der Waals surface area contributed by atoms with Gasteiger partial charge in [-0.05, 0) is 101 Å². The SMILES string of the molecule is CC1(C)CC2C3=C(Br)CC4C5(C)CCC(=O)C(C)(C)C5CCC4(C)C3(C)CCC2[C@H](C(=O)O)C1. The first-order valence-electron chi connectivity index (χ1n) is 13.7. The molecule has 0 saturated heterocycles. The number of Topliss-reactive ketones (excluding diaryl/α,β-unsaturated/α-hetero) is 1. The summed E-state index contributed by atoms with van der Waals surface area (Å²) in [5, 5.41) is 10.2. The number of halogens is 1. The molecular weight excluding hydrogens is 488 g/mol. The molecule has 0 radical (unpaired) electrons. The molecular formula is C30H45BrO3. The molecule has 1 N–H and O–H groups in total.